The third kappa shape index (κ3) is 1.60. The van der Waals surface area contributed by atoms with Crippen molar-refractivity contribution < 1.29 is 14.6 Å². The Morgan fingerprint density at radius 3 is 3.06 bits per heavy atom. The molecule has 1 aliphatic rings. The van der Waals surface area contributed by atoms with Gasteiger partial charge >= 0.3 is 5.97 Å². The van der Waals surface area contributed by atoms with Gasteiger partial charge in [-0.25, -0.2) is 4.68 Å². The fourth-order valence-corrected chi connectivity index (χ4v) is 1.59. The normalized spacial score (nSPS) is 29.2. The number of aliphatic carboxylic acids is 1. The van der Waals surface area contributed by atoms with Crippen molar-refractivity contribution in [2.75, 3.05) is 18.5 Å². The highest BCUT2D eigenvalue weighted by Gasteiger charge is 2.47. The number of hydrogen-bond acceptors (Lipinski definition) is 6. The van der Waals surface area contributed by atoms with Crippen LogP contribution in [-0.2, 0) is 16.6 Å². The van der Waals surface area contributed by atoms with Gasteiger partial charge in [-0.2, -0.15) is 0 Å². The molecule has 0 bridgehead atoms. The van der Waals surface area contributed by atoms with Crippen LogP contribution in [0.25, 0.3) is 0 Å². The molecule has 0 saturated carbocycles. The molecule has 88 valence electrons. The molecule has 16 heavy (non-hydrogen) atoms. The molecule has 1 aliphatic heterocycles. The molecule has 8 heteroatoms. The number of anilines is 1. The molecule has 2 atom stereocenters. The van der Waals surface area contributed by atoms with Crippen molar-refractivity contribution >= 4 is 11.9 Å². The minimum absolute atomic E-state index is 0.186. The molecule has 2 N–H and O–H groups in total. The van der Waals surface area contributed by atoms with Gasteiger partial charge in [0.25, 0.3) is 0 Å². The Morgan fingerprint density at radius 1 is 1.75 bits per heavy atom. The monoisotopic (exact) mass is 227 g/mol. The van der Waals surface area contributed by atoms with E-state index in [2.05, 4.69) is 20.8 Å². The number of tetrazole rings is 1. The zero-order chi connectivity index (χ0) is 11.8. The molecule has 1 saturated heterocycles. The number of rotatable bonds is 3. The van der Waals surface area contributed by atoms with E-state index in [4.69, 9.17) is 9.84 Å². The van der Waals surface area contributed by atoms with Crippen LogP contribution in [0.3, 0.4) is 0 Å². The fraction of sp³-hybridized carbons (Fsp3) is 0.750. The van der Waals surface area contributed by atoms with Crippen LogP contribution in [0, 0.1) is 5.41 Å². The summed E-state index contributed by atoms with van der Waals surface area (Å²) in [5, 5.41) is 23.0. The number of aryl methyl sites for hydroxylation is 1. The fourth-order valence-electron chi connectivity index (χ4n) is 1.59. The molecule has 0 amide bonds. The summed E-state index contributed by atoms with van der Waals surface area (Å²) >= 11 is 0. The van der Waals surface area contributed by atoms with Crippen molar-refractivity contribution in [3.8, 4) is 0 Å². The summed E-state index contributed by atoms with van der Waals surface area (Å²) in [6.07, 6.45) is 0. The van der Waals surface area contributed by atoms with Gasteiger partial charge in [0.05, 0.1) is 19.3 Å². The Hall–Kier alpha value is -1.70. The van der Waals surface area contributed by atoms with Gasteiger partial charge in [0, 0.05) is 7.05 Å². The number of aromatic nitrogens is 4. The number of ether oxygens (including phenoxy) is 1. The lowest BCUT2D eigenvalue weighted by Crippen LogP contribution is -2.43. The van der Waals surface area contributed by atoms with Gasteiger partial charge in [-0.05, 0) is 17.4 Å². The number of nitrogens with zero attached hydrogens (tertiary/aromatic N) is 4. The van der Waals surface area contributed by atoms with Crippen molar-refractivity contribution in [3.05, 3.63) is 0 Å². The maximum atomic E-state index is 11.2. The molecular weight excluding hydrogens is 214 g/mol. The zero-order valence-corrected chi connectivity index (χ0v) is 9.04. The van der Waals surface area contributed by atoms with Crippen LogP contribution in [0.5, 0.6) is 0 Å². The van der Waals surface area contributed by atoms with Crippen LogP contribution in [0.4, 0.5) is 5.95 Å². The van der Waals surface area contributed by atoms with E-state index in [1.807, 2.05) is 0 Å². The molecule has 1 fully saturated rings. The topological polar surface area (TPSA) is 102 Å². The first-order valence-electron chi connectivity index (χ1n) is 4.84. The molecule has 8 nitrogen and oxygen atoms in total. The number of carbonyl (C=O) groups is 1. The minimum Gasteiger partial charge on any atom is -0.481 e. The van der Waals surface area contributed by atoms with Gasteiger partial charge in [0.1, 0.15) is 5.41 Å². The van der Waals surface area contributed by atoms with Crippen molar-refractivity contribution in [1.82, 2.24) is 20.2 Å². The molecular formula is C8H13N5O3. The average molecular weight is 227 g/mol. The van der Waals surface area contributed by atoms with E-state index in [-0.39, 0.29) is 12.6 Å². The molecule has 2 heterocycles. The first kappa shape index (κ1) is 10.8. The van der Waals surface area contributed by atoms with Gasteiger partial charge in [0.15, 0.2) is 0 Å². The number of hydrogen-bond donors (Lipinski definition) is 2. The van der Waals surface area contributed by atoms with E-state index >= 15 is 0 Å². The summed E-state index contributed by atoms with van der Waals surface area (Å²) in [5.74, 6) is -0.458. The van der Waals surface area contributed by atoms with Crippen LogP contribution in [0.15, 0.2) is 0 Å². The Balaban J connectivity index is 2.16. The SMILES string of the molecule is Cn1nnnc1NC1COCC1(C)C(=O)O. The molecule has 2 rings (SSSR count). The Kier molecular flexibility index (Phi) is 2.50. The van der Waals surface area contributed by atoms with E-state index in [9.17, 15) is 4.79 Å². The van der Waals surface area contributed by atoms with Crippen molar-refractivity contribution in [1.29, 1.82) is 0 Å². The Bertz CT molecular complexity index is 406. The van der Waals surface area contributed by atoms with Gasteiger partial charge in [-0.15, -0.1) is 0 Å². The van der Waals surface area contributed by atoms with Crippen LogP contribution in [0.1, 0.15) is 6.92 Å². The second-order valence-corrected chi connectivity index (χ2v) is 4.06. The average Bonchev–Trinajstić information content (AvgIpc) is 2.77. The number of carboxylic acids is 1. The zero-order valence-electron chi connectivity index (χ0n) is 9.04. The molecule has 0 aliphatic carbocycles. The maximum absolute atomic E-state index is 11.2. The number of carboxylic acid groups (broad SMARTS) is 1. The lowest BCUT2D eigenvalue weighted by molar-refractivity contribution is -0.148. The summed E-state index contributed by atoms with van der Waals surface area (Å²) in [6.45, 7) is 2.16. The van der Waals surface area contributed by atoms with Gasteiger partial charge in [-0.1, -0.05) is 5.10 Å². The molecule has 2 unspecified atom stereocenters. The summed E-state index contributed by atoms with van der Waals surface area (Å²) in [7, 11) is 1.68. The highest BCUT2D eigenvalue weighted by atomic mass is 16.5. The van der Waals surface area contributed by atoms with E-state index in [1.54, 1.807) is 14.0 Å². The third-order valence-corrected chi connectivity index (χ3v) is 2.87. The molecule has 1 aromatic heterocycles. The summed E-state index contributed by atoms with van der Waals surface area (Å²) in [6, 6.07) is -0.338. The largest absolute Gasteiger partial charge is 0.481 e. The maximum Gasteiger partial charge on any atom is 0.313 e. The van der Waals surface area contributed by atoms with E-state index in [1.165, 1.54) is 4.68 Å². The second-order valence-electron chi connectivity index (χ2n) is 4.06. The minimum atomic E-state index is -0.952. The van der Waals surface area contributed by atoms with E-state index in [0.29, 0.717) is 12.6 Å². The quantitative estimate of drug-likeness (QED) is 0.690. The Morgan fingerprint density at radius 2 is 2.50 bits per heavy atom. The van der Waals surface area contributed by atoms with Gasteiger partial charge < -0.3 is 15.2 Å². The van der Waals surface area contributed by atoms with Crippen molar-refractivity contribution in [2.45, 2.75) is 13.0 Å². The highest BCUT2D eigenvalue weighted by molar-refractivity contribution is 5.76. The lowest BCUT2D eigenvalue weighted by atomic mass is 9.85. The summed E-state index contributed by atoms with van der Waals surface area (Å²) in [4.78, 5) is 11.2. The standard InChI is InChI=1S/C8H13N5O3/c1-8(6(14)15)4-16-3-5(8)9-7-10-11-12-13(7)2/h5H,3-4H2,1-2H3,(H,14,15)(H,9,10,12). The predicted molar refractivity (Wildman–Crippen MR) is 52.8 cm³/mol. The van der Waals surface area contributed by atoms with Crippen molar-refractivity contribution in [3.63, 3.8) is 0 Å². The van der Waals surface area contributed by atoms with Crippen LogP contribution >= 0.6 is 0 Å². The van der Waals surface area contributed by atoms with Gasteiger partial charge in [0.2, 0.25) is 5.95 Å². The van der Waals surface area contributed by atoms with Crippen molar-refractivity contribution in [2.24, 2.45) is 12.5 Å². The van der Waals surface area contributed by atoms with E-state index < -0.39 is 11.4 Å². The summed E-state index contributed by atoms with van der Waals surface area (Å²) < 4.78 is 6.65. The van der Waals surface area contributed by atoms with Gasteiger partial charge in [-0.3, -0.25) is 4.79 Å². The molecule has 0 radical (unpaired) electrons. The second kappa shape index (κ2) is 3.71. The predicted octanol–water partition coefficient (Wildman–Crippen LogP) is -0.888. The molecule has 0 spiro atoms. The third-order valence-electron chi connectivity index (χ3n) is 2.87. The first-order chi connectivity index (χ1) is 7.54. The molecule has 0 aromatic carbocycles. The highest BCUT2D eigenvalue weighted by Crippen LogP contribution is 2.30. The smallest absolute Gasteiger partial charge is 0.313 e. The summed E-state index contributed by atoms with van der Waals surface area (Å²) in [5.41, 5.74) is -0.952. The Labute approximate surface area is 91.6 Å². The first-order valence-corrected chi connectivity index (χ1v) is 4.84. The van der Waals surface area contributed by atoms with Crippen LogP contribution in [0.2, 0.25) is 0 Å². The lowest BCUT2D eigenvalue weighted by Gasteiger charge is -2.25. The van der Waals surface area contributed by atoms with Crippen LogP contribution in [-0.4, -0.2) is 50.5 Å². The van der Waals surface area contributed by atoms with E-state index in [0.717, 1.165) is 0 Å². The van der Waals surface area contributed by atoms with Crippen LogP contribution < -0.4 is 5.32 Å². The number of nitrogens with one attached hydrogen (secondary N) is 1. The molecule has 1 aromatic rings.